The summed E-state index contributed by atoms with van der Waals surface area (Å²) in [6.07, 6.45) is 11.6. The molecule has 64 valence electrons. The molecule has 0 rings (SSSR count). The molecular weight excluding hydrogens is 181 g/mol. The summed E-state index contributed by atoms with van der Waals surface area (Å²) in [7, 11) is 3.97. The molecule has 0 saturated heterocycles. The SMILES string of the molecule is CN(C)/C=C/C=C/C=C/[CH]=[Ni]. The molecule has 0 amide bonds. The van der Waals surface area contributed by atoms with E-state index in [1.807, 2.05) is 55.6 Å². The Morgan fingerprint density at radius 2 is 1.45 bits per heavy atom. The fourth-order valence-corrected chi connectivity index (χ4v) is 0.559. The molecule has 0 fully saturated rings. The van der Waals surface area contributed by atoms with Gasteiger partial charge in [-0.3, -0.25) is 0 Å². The molecule has 1 nitrogen and oxygen atoms in total. The van der Waals surface area contributed by atoms with Gasteiger partial charge < -0.3 is 0 Å². The molecule has 0 spiro atoms. The van der Waals surface area contributed by atoms with Crippen molar-refractivity contribution in [2.45, 2.75) is 0 Å². The molecule has 0 saturated carbocycles. The van der Waals surface area contributed by atoms with Gasteiger partial charge in [-0.15, -0.1) is 0 Å². The van der Waals surface area contributed by atoms with E-state index in [0.717, 1.165) is 0 Å². The first kappa shape index (κ1) is 10.4. The van der Waals surface area contributed by atoms with E-state index in [4.69, 9.17) is 0 Å². The van der Waals surface area contributed by atoms with Gasteiger partial charge in [0.25, 0.3) is 0 Å². The standard InChI is InChI=1S/C9H13N.Ni/c1-4-5-6-7-8-9-10(2)3;/h1,4-9H,2-3H3;/b5-4+,7-6+,9-8+;. The minimum absolute atomic E-state index is 1.62. The molecule has 0 heterocycles. The Bertz CT molecular complexity index is 178. The third kappa shape index (κ3) is 9.38. The van der Waals surface area contributed by atoms with Gasteiger partial charge in [0.1, 0.15) is 0 Å². The zero-order valence-electron chi connectivity index (χ0n) is 6.80. The van der Waals surface area contributed by atoms with Crippen LogP contribution in [0.4, 0.5) is 0 Å². The Kier molecular flexibility index (Phi) is 7.07. The number of hydrogen-bond acceptors (Lipinski definition) is 1. The van der Waals surface area contributed by atoms with Gasteiger partial charge in [0.15, 0.2) is 0 Å². The first-order valence-corrected chi connectivity index (χ1v) is 3.91. The van der Waals surface area contributed by atoms with E-state index in [-0.39, 0.29) is 0 Å². The first-order chi connectivity index (χ1) is 5.27. The predicted octanol–water partition coefficient (Wildman–Crippen LogP) is 1.52. The summed E-state index contributed by atoms with van der Waals surface area (Å²) in [5, 5.41) is 0. The van der Waals surface area contributed by atoms with Crippen LogP contribution in [0.15, 0.2) is 36.6 Å². The van der Waals surface area contributed by atoms with Crippen LogP contribution in [-0.4, -0.2) is 24.0 Å². The Labute approximate surface area is 76.0 Å². The van der Waals surface area contributed by atoms with E-state index in [2.05, 4.69) is 15.0 Å². The third-order valence-corrected chi connectivity index (χ3v) is 1.08. The van der Waals surface area contributed by atoms with Gasteiger partial charge in [0.2, 0.25) is 0 Å². The minimum atomic E-state index is 1.62. The summed E-state index contributed by atoms with van der Waals surface area (Å²) in [6, 6.07) is 0. The Morgan fingerprint density at radius 3 is 2.00 bits per heavy atom. The van der Waals surface area contributed by atoms with Crippen molar-refractivity contribution in [1.29, 1.82) is 0 Å². The summed E-state index contributed by atoms with van der Waals surface area (Å²) < 4.78 is 0. The molecule has 0 aromatic carbocycles. The van der Waals surface area contributed by atoms with Gasteiger partial charge in [0.05, 0.1) is 0 Å². The third-order valence-electron chi connectivity index (χ3n) is 0.890. The summed E-state index contributed by atoms with van der Waals surface area (Å²) in [6.45, 7) is 0. The molecule has 0 unspecified atom stereocenters. The molecule has 0 aromatic rings. The molecular formula is C9H13NNi. The zero-order valence-corrected chi connectivity index (χ0v) is 7.79. The van der Waals surface area contributed by atoms with Crippen LogP contribution >= 0.6 is 0 Å². The van der Waals surface area contributed by atoms with Crippen molar-refractivity contribution in [1.82, 2.24) is 4.90 Å². The average molecular weight is 194 g/mol. The van der Waals surface area contributed by atoms with E-state index in [9.17, 15) is 0 Å². The maximum absolute atomic E-state index is 4.34. The molecule has 2 heteroatoms. The van der Waals surface area contributed by atoms with Crippen LogP contribution in [0.5, 0.6) is 0 Å². The van der Waals surface area contributed by atoms with E-state index in [0.29, 0.717) is 0 Å². The van der Waals surface area contributed by atoms with Gasteiger partial charge in [-0.2, -0.15) is 0 Å². The second-order valence-electron chi connectivity index (χ2n) is 2.18. The Balaban J connectivity index is 3.59. The number of rotatable bonds is 4. The van der Waals surface area contributed by atoms with Crippen molar-refractivity contribution >= 4 is 4.99 Å². The quantitative estimate of drug-likeness (QED) is 0.484. The van der Waals surface area contributed by atoms with Crippen molar-refractivity contribution < 1.29 is 15.0 Å². The summed E-state index contributed by atoms with van der Waals surface area (Å²) >= 11 is 4.34. The second-order valence-corrected chi connectivity index (χ2v) is 2.51. The predicted molar refractivity (Wildman–Crippen MR) is 47.2 cm³/mol. The monoisotopic (exact) mass is 193 g/mol. The summed E-state index contributed by atoms with van der Waals surface area (Å²) in [4.78, 5) is 3.61. The zero-order chi connectivity index (χ0) is 8.53. The van der Waals surface area contributed by atoms with Gasteiger partial charge in [-0.1, -0.05) is 0 Å². The van der Waals surface area contributed by atoms with Crippen molar-refractivity contribution in [2.24, 2.45) is 0 Å². The second kappa shape index (κ2) is 7.49. The first-order valence-electron chi connectivity index (χ1n) is 3.34. The van der Waals surface area contributed by atoms with E-state index >= 15 is 0 Å². The van der Waals surface area contributed by atoms with Crippen molar-refractivity contribution in [3.8, 4) is 0 Å². The summed E-state index contributed by atoms with van der Waals surface area (Å²) in [5.74, 6) is 0. The topological polar surface area (TPSA) is 3.24 Å². The van der Waals surface area contributed by atoms with Crippen LogP contribution in [0.1, 0.15) is 0 Å². The molecule has 0 aliphatic carbocycles. The van der Waals surface area contributed by atoms with Crippen LogP contribution in [0, 0.1) is 0 Å². The molecule has 0 aliphatic rings. The molecule has 0 atom stereocenters. The van der Waals surface area contributed by atoms with Crippen molar-refractivity contribution in [3.05, 3.63) is 36.6 Å². The molecule has 0 N–H and O–H groups in total. The van der Waals surface area contributed by atoms with Crippen LogP contribution in [0.3, 0.4) is 0 Å². The molecule has 0 aliphatic heterocycles. The Morgan fingerprint density at radius 1 is 0.909 bits per heavy atom. The summed E-state index contributed by atoms with van der Waals surface area (Å²) in [5.41, 5.74) is 0. The fraction of sp³-hybridized carbons (Fsp3) is 0.222. The van der Waals surface area contributed by atoms with Crippen LogP contribution in [0.2, 0.25) is 0 Å². The van der Waals surface area contributed by atoms with Crippen LogP contribution in [0.25, 0.3) is 0 Å². The molecule has 0 radical (unpaired) electrons. The van der Waals surface area contributed by atoms with Crippen LogP contribution < -0.4 is 0 Å². The van der Waals surface area contributed by atoms with Crippen molar-refractivity contribution in [3.63, 3.8) is 0 Å². The molecule has 0 bridgehead atoms. The van der Waals surface area contributed by atoms with E-state index < -0.39 is 0 Å². The number of allylic oxidation sites excluding steroid dienone is 5. The van der Waals surface area contributed by atoms with E-state index in [1.54, 1.807) is 4.99 Å². The number of nitrogens with zero attached hydrogens (tertiary/aromatic N) is 1. The van der Waals surface area contributed by atoms with Gasteiger partial charge in [-0.25, -0.2) is 0 Å². The Hall–Kier alpha value is -0.616. The van der Waals surface area contributed by atoms with Gasteiger partial charge in [-0.05, 0) is 0 Å². The van der Waals surface area contributed by atoms with Crippen LogP contribution in [-0.2, 0) is 15.0 Å². The average Bonchev–Trinajstić information content (AvgIpc) is 1.96. The number of hydrogen-bond donors (Lipinski definition) is 0. The van der Waals surface area contributed by atoms with Crippen molar-refractivity contribution in [2.75, 3.05) is 14.1 Å². The molecule has 0 aromatic heterocycles. The fourth-order valence-electron chi connectivity index (χ4n) is 0.449. The van der Waals surface area contributed by atoms with Gasteiger partial charge in [0, 0.05) is 0 Å². The van der Waals surface area contributed by atoms with Gasteiger partial charge >= 0.3 is 75.6 Å². The molecule has 11 heavy (non-hydrogen) atoms. The maximum atomic E-state index is 4.34. The normalized spacial score (nSPS) is 12.0. The van der Waals surface area contributed by atoms with E-state index in [1.165, 1.54) is 0 Å².